The summed E-state index contributed by atoms with van der Waals surface area (Å²) in [5.74, 6) is -0.961. The van der Waals surface area contributed by atoms with Gasteiger partial charge in [0.1, 0.15) is 11.8 Å². The number of benzene rings is 2. The molecule has 5 heteroatoms. The smallest absolute Gasteiger partial charge is 0.336 e. The van der Waals surface area contributed by atoms with Gasteiger partial charge in [-0.05, 0) is 18.2 Å². The van der Waals surface area contributed by atoms with Gasteiger partial charge in [0.2, 0.25) is 0 Å². The maximum atomic E-state index is 11.3. The van der Waals surface area contributed by atoms with E-state index in [0.29, 0.717) is 11.0 Å². The minimum Gasteiger partial charge on any atom is -0.478 e. The lowest BCUT2D eigenvalue weighted by atomic mass is 10.1. The van der Waals surface area contributed by atoms with Crippen LogP contribution in [0, 0.1) is 0 Å². The number of fused-ring (bicyclic) bond motifs is 3. The lowest BCUT2D eigenvalue weighted by molar-refractivity contribution is 0.0699. The SMILES string of the molecule is O=C(O)c1cccc2os[nH]c3ccccc3c12. The van der Waals surface area contributed by atoms with Crippen molar-refractivity contribution in [3.63, 3.8) is 0 Å². The summed E-state index contributed by atoms with van der Waals surface area (Å²) in [6.07, 6.45) is 0. The zero-order valence-electron chi connectivity index (χ0n) is 9.21. The predicted molar refractivity (Wildman–Crippen MR) is 70.5 cm³/mol. The van der Waals surface area contributed by atoms with E-state index >= 15 is 0 Å². The topological polar surface area (TPSA) is 66.2 Å². The molecule has 4 nitrogen and oxygen atoms in total. The summed E-state index contributed by atoms with van der Waals surface area (Å²) in [5.41, 5.74) is 1.64. The van der Waals surface area contributed by atoms with Gasteiger partial charge in [-0.3, -0.25) is 4.37 Å². The monoisotopic (exact) mass is 259 g/mol. The van der Waals surface area contributed by atoms with E-state index in [1.165, 1.54) is 0 Å². The molecule has 1 aromatic heterocycles. The number of aromatic nitrogens is 1. The van der Waals surface area contributed by atoms with Gasteiger partial charge < -0.3 is 8.96 Å². The molecule has 3 rings (SSSR count). The number of para-hydroxylation sites is 1. The molecule has 0 aliphatic rings. The Morgan fingerprint density at radius 2 is 2.00 bits per heavy atom. The van der Waals surface area contributed by atoms with Gasteiger partial charge in [0.25, 0.3) is 0 Å². The lowest BCUT2D eigenvalue weighted by Gasteiger charge is -2.00. The fourth-order valence-electron chi connectivity index (χ4n) is 1.96. The van der Waals surface area contributed by atoms with Gasteiger partial charge in [-0.1, -0.05) is 24.3 Å². The van der Waals surface area contributed by atoms with Crippen LogP contribution in [0.4, 0.5) is 0 Å². The summed E-state index contributed by atoms with van der Waals surface area (Å²) in [7, 11) is 0. The third-order valence-electron chi connectivity index (χ3n) is 2.74. The Labute approximate surface area is 106 Å². The molecule has 3 aromatic rings. The molecule has 0 amide bonds. The van der Waals surface area contributed by atoms with Crippen LogP contribution in [0.5, 0.6) is 0 Å². The number of H-pyrrole nitrogens is 1. The first-order valence-corrected chi connectivity index (χ1v) is 6.07. The molecule has 0 aliphatic carbocycles. The molecular weight excluding hydrogens is 250 g/mol. The maximum absolute atomic E-state index is 11.3. The van der Waals surface area contributed by atoms with Gasteiger partial charge in [0.15, 0.2) is 5.58 Å². The molecule has 2 aromatic carbocycles. The molecule has 0 saturated heterocycles. The summed E-state index contributed by atoms with van der Waals surface area (Å²) >= 11 is 1.08. The van der Waals surface area contributed by atoms with E-state index in [4.69, 9.17) is 3.85 Å². The number of hydrogen-bond acceptors (Lipinski definition) is 3. The van der Waals surface area contributed by atoms with Crippen molar-refractivity contribution in [3.8, 4) is 0 Å². The Bertz CT molecular complexity index is 780. The quantitative estimate of drug-likeness (QED) is 0.698. The summed E-state index contributed by atoms with van der Waals surface area (Å²) in [6, 6.07) is 12.6. The normalized spacial score (nSPS) is 10.7. The van der Waals surface area contributed by atoms with E-state index in [1.54, 1.807) is 18.2 Å². The molecule has 0 radical (unpaired) electrons. The number of carboxylic acids is 1. The fourth-order valence-corrected chi connectivity index (χ4v) is 2.50. The second-order valence-electron chi connectivity index (χ2n) is 3.80. The van der Waals surface area contributed by atoms with Crippen molar-refractivity contribution in [2.45, 2.75) is 0 Å². The Hall–Kier alpha value is -2.27. The van der Waals surface area contributed by atoms with Crippen LogP contribution in [0.3, 0.4) is 0 Å². The van der Waals surface area contributed by atoms with Crippen molar-refractivity contribution in [1.82, 2.24) is 4.37 Å². The first-order chi connectivity index (χ1) is 8.77. The average molecular weight is 259 g/mol. The second kappa shape index (κ2) is 4.19. The molecule has 0 saturated carbocycles. The van der Waals surface area contributed by atoms with Gasteiger partial charge in [0.05, 0.1) is 11.1 Å². The number of hydrogen-bond donors (Lipinski definition) is 2. The van der Waals surface area contributed by atoms with E-state index in [-0.39, 0.29) is 5.56 Å². The number of aromatic carboxylic acids is 1. The average Bonchev–Trinajstić information content (AvgIpc) is 2.57. The molecule has 1 heterocycles. The fraction of sp³-hybridized carbons (Fsp3) is 0. The first-order valence-electron chi connectivity index (χ1n) is 5.32. The summed E-state index contributed by atoms with van der Waals surface area (Å²) in [5, 5.41) is 10.7. The Morgan fingerprint density at radius 1 is 1.17 bits per heavy atom. The third-order valence-corrected chi connectivity index (χ3v) is 3.30. The van der Waals surface area contributed by atoms with E-state index in [1.807, 2.05) is 24.3 Å². The zero-order valence-corrected chi connectivity index (χ0v) is 10.0. The summed E-state index contributed by atoms with van der Waals surface area (Å²) < 4.78 is 8.50. The van der Waals surface area contributed by atoms with Crippen molar-refractivity contribution in [1.29, 1.82) is 0 Å². The number of carbonyl (C=O) groups is 1. The highest BCUT2D eigenvalue weighted by molar-refractivity contribution is 6.96. The van der Waals surface area contributed by atoms with Gasteiger partial charge in [-0.15, -0.1) is 0 Å². The van der Waals surface area contributed by atoms with Crippen molar-refractivity contribution < 1.29 is 13.8 Å². The van der Waals surface area contributed by atoms with Crippen LogP contribution in [-0.2, 0) is 0 Å². The summed E-state index contributed by atoms with van der Waals surface area (Å²) in [6.45, 7) is 0. The Balaban J connectivity index is 2.65. The van der Waals surface area contributed by atoms with Crippen LogP contribution in [-0.4, -0.2) is 15.4 Å². The minimum atomic E-state index is -0.961. The maximum Gasteiger partial charge on any atom is 0.336 e. The van der Waals surface area contributed by atoms with Crippen molar-refractivity contribution in [2.75, 3.05) is 0 Å². The largest absolute Gasteiger partial charge is 0.478 e. The minimum absolute atomic E-state index is 0.240. The molecule has 0 bridgehead atoms. The highest BCUT2D eigenvalue weighted by Gasteiger charge is 2.11. The van der Waals surface area contributed by atoms with Crippen LogP contribution in [0.25, 0.3) is 21.9 Å². The van der Waals surface area contributed by atoms with Crippen molar-refractivity contribution >= 4 is 39.7 Å². The van der Waals surface area contributed by atoms with Gasteiger partial charge in [0, 0.05) is 10.8 Å². The Kier molecular flexibility index (Phi) is 2.53. The number of rotatable bonds is 1. The van der Waals surface area contributed by atoms with E-state index in [2.05, 4.69) is 4.37 Å². The molecule has 2 N–H and O–H groups in total. The molecule has 0 unspecified atom stereocenters. The van der Waals surface area contributed by atoms with E-state index < -0.39 is 5.97 Å². The zero-order chi connectivity index (χ0) is 12.5. The predicted octanol–water partition coefficient (Wildman–Crippen LogP) is 3.80. The van der Waals surface area contributed by atoms with Crippen LogP contribution in [0.15, 0.2) is 46.3 Å². The van der Waals surface area contributed by atoms with Crippen LogP contribution >= 0.6 is 11.8 Å². The van der Waals surface area contributed by atoms with Crippen LogP contribution < -0.4 is 0 Å². The lowest BCUT2D eigenvalue weighted by Crippen LogP contribution is -1.96. The first kappa shape index (κ1) is 10.9. The van der Waals surface area contributed by atoms with Crippen LogP contribution in [0.2, 0.25) is 0 Å². The third kappa shape index (κ3) is 1.65. The van der Waals surface area contributed by atoms with Gasteiger partial charge in [-0.25, -0.2) is 4.79 Å². The molecule has 0 aliphatic heterocycles. The second-order valence-corrected chi connectivity index (χ2v) is 4.34. The van der Waals surface area contributed by atoms with Gasteiger partial charge in [-0.2, -0.15) is 0 Å². The highest BCUT2D eigenvalue weighted by atomic mass is 32.1. The van der Waals surface area contributed by atoms with Crippen molar-refractivity contribution in [2.24, 2.45) is 0 Å². The summed E-state index contributed by atoms with van der Waals surface area (Å²) in [4.78, 5) is 11.3. The van der Waals surface area contributed by atoms with E-state index in [0.717, 1.165) is 22.7 Å². The molecule has 0 spiro atoms. The van der Waals surface area contributed by atoms with Crippen molar-refractivity contribution in [3.05, 3.63) is 48.0 Å². The number of nitrogens with one attached hydrogen (secondary N) is 1. The number of aromatic amines is 1. The molecule has 18 heavy (non-hydrogen) atoms. The molecule has 0 atom stereocenters. The van der Waals surface area contributed by atoms with Gasteiger partial charge >= 0.3 is 5.97 Å². The standard InChI is InChI=1S/C13H9NO3S/c15-13(16)9-5-3-7-11-12(9)8-4-1-2-6-10(8)14-18-17-11/h1-7,14H,(H,15,16). The highest BCUT2D eigenvalue weighted by Crippen LogP contribution is 2.26. The Morgan fingerprint density at radius 3 is 2.83 bits per heavy atom. The molecular formula is C13H9NO3S. The van der Waals surface area contributed by atoms with E-state index in [9.17, 15) is 9.90 Å². The number of carboxylic acid groups (broad SMARTS) is 1. The molecule has 90 valence electrons. The molecule has 0 fully saturated rings. The van der Waals surface area contributed by atoms with Crippen LogP contribution in [0.1, 0.15) is 10.4 Å².